The molecule has 6 nitrogen and oxygen atoms in total. The van der Waals surface area contributed by atoms with E-state index < -0.39 is 10.0 Å². The number of anilines is 1. The highest BCUT2D eigenvalue weighted by Gasteiger charge is 2.19. The van der Waals surface area contributed by atoms with Gasteiger partial charge >= 0.3 is 0 Å². The minimum absolute atomic E-state index is 0.232. The minimum Gasteiger partial charge on any atom is -0.378 e. The van der Waals surface area contributed by atoms with Crippen LogP contribution in [-0.2, 0) is 23.1 Å². The van der Waals surface area contributed by atoms with Gasteiger partial charge in [0.25, 0.3) is 0 Å². The zero-order valence-corrected chi connectivity index (χ0v) is 18.2. The number of aryl methyl sites for hydroxylation is 1. The molecule has 0 saturated heterocycles. The van der Waals surface area contributed by atoms with Gasteiger partial charge in [-0.3, -0.25) is 0 Å². The molecule has 0 saturated carbocycles. The van der Waals surface area contributed by atoms with Crippen LogP contribution in [0.15, 0.2) is 41.3 Å². The van der Waals surface area contributed by atoms with E-state index in [4.69, 9.17) is 23.2 Å². The number of benzene rings is 2. The van der Waals surface area contributed by atoms with E-state index in [0.29, 0.717) is 22.1 Å². The largest absolute Gasteiger partial charge is 0.378 e. The van der Waals surface area contributed by atoms with Gasteiger partial charge in [-0.15, -0.1) is 0 Å². The van der Waals surface area contributed by atoms with Crippen molar-refractivity contribution >= 4 is 49.9 Å². The fourth-order valence-electron chi connectivity index (χ4n) is 2.93. The molecule has 28 heavy (non-hydrogen) atoms. The molecular weight excluding hydrogens is 419 g/mol. The molecule has 3 rings (SSSR count). The van der Waals surface area contributed by atoms with Crippen LogP contribution in [0.4, 0.5) is 5.69 Å². The number of hydrogen-bond acceptors (Lipinski definition) is 4. The molecule has 0 amide bonds. The van der Waals surface area contributed by atoms with Crippen molar-refractivity contribution in [2.45, 2.75) is 31.3 Å². The molecule has 3 aromatic rings. The molecule has 0 unspecified atom stereocenters. The van der Waals surface area contributed by atoms with Crippen molar-refractivity contribution in [1.82, 2.24) is 13.9 Å². The molecule has 0 fully saturated rings. The SMILES string of the molecule is CCCn1c(CNc2ccc(Cl)c(Cl)c2)nc2cc(S(=O)(=O)N(C)C)ccc21. The van der Waals surface area contributed by atoms with E-state index >= 15 is 0 Å². The van der Waals surface area contributed by atoms with Crippen molar-refractivity contribution in [3.63, 3.8) is 0 Å². The summed E-state index contributed by atoms with van der Waals surface area (Å²) >= 11 is 12.0. The lowest BCUT2D eigenvalue weighted by atomic mass is 10.3. The van der Waals surface area contributed by atoms with E-state index in [1.807, 2.05) is 12.1 Å². The van der Waals surface area contributed by atoms with Crippen LogP contribution in [0.25, 0.3) is 11.0 Å². The molecule has 0 aliphatic heterocycles. The maximum absolute atomic E-state index is 12.4. The van der Waals surface area contributed by atoms with Gasteiger partial charge in [-0.05, 0) is 42.8 Å². The average molecular weight is 441 g/mol. The predicted octanol–water partition coefficient (Wildman–Crippen LogP) is 4.62. The molecule has 0 spiro atoms. The summed E-state index contributed by atoms with van der Waals surface area (Å²) in [5.74, 6) is 0.822. The highest BCUT2D eigenvalue weighted by molar-refractivity contribution is 7.89. The number of imidazole rings is 1. The third kappa shape index (κ3) is 4.12. The van der Waals surface area contributed by atoms with Crippen LogP contribution in [0.1, 0.15) is 19.2 Å². The lowest BCUT2D eigenvalue weighted by molar-refractivity contribution is 0.521. The number of nitrogens with zero attached hydrogens (tertiary/aromatic N) is 3. The molecule has 0 aliphatic rings. The van der Waals surface area contributed by atoms with Gasteiger partial charge in [0.15, 0.2) is 0 Å². The molecule has 1 aromatic heterocycles. The van der Waals surface area contributed by atoms with Crippen LogP contribution in [-0.4, -0.2) is 36.4 Å². The van der Waals surface area contributed by atoms with Crippen molar-refractivity contribution in [1.29, 1.82) is 0 Å². The Morgan fingerprint density at radius 1 is 1.11 bits per heavy atom. The molecule has 0 aliphatic carbocycles. The fourth-order valence-corrected chi connectivity index (χ4v) is 4.15. The van der Waals surface area contributed by atoms with Crippen molar-refractivity contribution < 1.29 is 8.42 Å². The van der Waals surface area contributed by atoms with Crippen LogP contribution in [0, 0.1) is 0 Å². The Morgan fingerprint density at radius 3 is 2.50 bits per heavy atom. The van der Waals surface area contributed by atoms with Crippen LogP contribution in [0.2, 0.25) is 10.0 Å². The number of fused-ring (bicyclic) bond motifs is 1. The second kappa shape index (κ2) is 8.29. The van der Waals surface area contributed by atoms with Gasteiger partial charge in [0, 0.05) is 26.3 Å². The number of rotatable bonds is 7. The Morgan fingerprint density at radius 2 is 1.86 bits per heavy atom. The molecule has 9 heteroatoms. The number of halogens is 2. The van der Waals surface area contributed by atoms with Crippen molar-refractivity contribution in [3.05, 3.63) is 52.3 Å². The number of hydrogen-bond donors (Lipinski definition) is 1. The third-order valence-corrected chi connectivity index (χ3v) is 6.94. The summed E-state index contributed by atoms with van der Waals surface area (Å²) in [5, 5.41) is 4.28. The molecule has 0 bridgehead atoms. The number of sulfonamides is 1. The van der Waals surface area contributed by atoms with Crippen LogP contribution < -0.4 is 5.32 Å². The predicted molar refractivity (Wildman–Crippen MR) is 115 cm³/mol. The molecule has 1 N–H and O–H groups in total. The molecule has 0 atom stereocenters. The van der Waals surface area contributed by atoms with Crippen LogP contribution in [0.5, 0.6) is 0 Å². The van der Waals surface area contributed by atoms with Gasteiger partial charge in [-0.1, -0.05) is 30.1 Å². The van der Waals surface area contributed by atoms with Crippen molar-refractivity contribution in [2.24, 2.45) is 0 Å². The van der Waals surface area contributed by atoms with E-state index in [9.17, 15) is 8.42 Å². The number of nitrogens with one attached hydrogen (secondary N) is 1. The molecule has 150 valence electrons. The van der Waals surface area contributed by atoms with Gasteiger partial charge in [-0.25, -0.2) is 17.7 Å². The first-order valence-corrected chi connectivity index (χ1v) is 11.0. The summed E-state index contributed by atoms with van der Waals surface area (Å²) in [7, 11) is -0.476. The first kappa shape index (κ1) is 20.9. The zero-order valence-electron chi connectivity index (χ0n) is 15.9. The topological polar surface area (TPSA) is 67.2 Å². The molecule has 0 radical (unpaired) electrons. The normalized spacial score (nSPS) is 12.1. The lowest BCUT2D eigenvalue weighted by Crippen LogP contribution is -2.22. The summed E-state index contributed by atoms with van der Waals surface area (Å²) in [6, 6.07) is 10.4. The molecule has 1 heterocycles. The average Bonchev–Trinajstić information content (AvgIpc) is 3.00. The highest BCUT2D eigenvalue weighted by Crippen LogP contribution is 2.26. The first-order chi connectivity index (χ1) is 13.2. The summed E-state index contributed by atoms with van der Waals surface area (Å²) in [5.41, 5.74) is 2.40. The van der Waals surface area contributed by atoms with Gasteiger partial charge in [-0.2, -0.15) is 0 Å². The van der Waals surface area contributed by atoms with E-state index in [2.05, 4.69) is 21.8 Å². The maximum atomic E-state index is 12.4. The molecular formula is C19H22Cl2N4O2S. The van der Waals surface area contributed by atoms with Gasteiger partial charge in [0.05, 0.1) is 32.5 Å². The zero-order chi connectivity index (χ0) is 20.5. The number of aromatic nitrogens is 2. The van der Waals surface area contributed by atoms with Crippen molar-refractivity contribution in [3.8, 4) is 0 Å². The standard InChI is InChI=1S/C19H22Cl2N4O2S/c1-4-9-25-18-8-6-14(28(26,27)24(2)3)11-17(18)23-19(25)12-22-13-5-7-15(20)16(21)10-13/h5-8,10-11,22H,4,9,12H2,1-3H3. The van der Waals surface area contributed by atoms with Gasteiger partial charge in [0.1, 0.15) is 5.82 Å². The Hall–Kier alpha value is -1.80. The Labute approximate surface area is 175 Å². The van der Waals surface area contributed by atoms with Gasteiger partial charge < -0.3 is 9.88 Å². The summed E-state index contributed by atoms with van der Waals surface area (Å²) < 4.78 is 28.1. The summed E-state index contributed by atoms with van der Waals surface area (Å²) in [6.45, 7) is 3.35. The Bertz CT molecular complexity index is 1110. The Kier molecular flexibility index (Phi) is 6.19. The van der Waals surface area contributed by atoms with Crippen LogP contribution >= 0.6 is 23.2 Å². The second-order valence-corrected chi connectivity index (χ2v) is 9.57. The van der Waals surface area contributed by atoms with Crippen LogP contribution in [0.3, 0.4) is 0 Å². The maximum Gasteiger partial charge on any atom is 0.242 e. The van der Waals surface area contributed by atoms with E-state index in [0.717, 1.165) is 30.0 Å². The fraction of sp³-hybridized carbons (Fsp3) is 0.316. The third-order valence-electron chi connectivity index (χ3n) is 4.39. The van der Waals surface area contributed by atoms with E-state index in [1.165, 1.54) is 18.4 Å². The lowest BCUT2D eigenvalue weighted by Gasteiger charge is -2.12. The minimum atomic E-state index is -3.51. The monoisotopic (exact) mass is 440 g/mol. The molecule has 2 aromatic carbocycles. The van der Waals surface area contributed by atoms with E-state index in [-0.39, 0.29) is 4.90 Å². The summed E-state index contributed by atoms with van der Waals surface area (Å²) in [6.07, 6.45) is 0.934. The van der Waals surface area contributed by atoms with Gasteiger partial charge in [0.2, 0.25) is 10.0 Å². The van der Waals surface area contributed by atoms with Crippen molar-refractivity contribution in [2.75, 3.05) is 19.4 Å². The summed E-state index contributed by atoms with van der Waals surface area (Å²) in [4.78, 5) is 4.91. The smallest absolute Gasteiger partial charge is 0.242 e. The Balaban J connectivity index is 1.96. The van der Waals surface area contributed by atoms with E-state index in [1.54, 1.807) is 24.3 Å². The second-order valence-electron chi connectivity index (χ2n) is 6.60. The highest BCUT2D eigenvalue weighted by atomic mass is 35.5. The first-order valence-electron chi connectivity index (χ1n) is 8.84. The quantitative estimate of drug-likeness (QED) is 0.581.